The average Bonchev–Trinajstić information content (AvgIpc) is 2.98. The smallest absolute Gasteiger partial charge is 0.271 e. The summed E-state index contributed by atoms with van der Waals surface area (Å²) in [6, 6.07) is 3.99. The van der Waals surface area contributed by atoms with E-state index in [-0.39, 0.29) is 5.56 Å². The van der Waals surface area contributed by atoms with Crippen molar-refractivity contribution in [1.29, 1.82) is 0 Å². The first-order chi connectivity index (χ1) is 12.7. The summed E-state index contributed by atoms with van der Waals surface area (Å²) < 4.78 is 6.92. The molecule has 6 nitrogen and oxygen atoms in total. The van der Waals surface area contributed by atoms with Gasteiger partial charge in [-0.25, -0.2) is 4.68 Å². The molecule has 3 heterocycles. The van der Waals surface area contributed by atoms with Gasteiger partial charge >= 0.3 is 0 Å². The van der Waals surface area contributed by atoms with Crippen LogP contribution in [0.25, 0.3) is 0 Å². The van der Waals surface area contributed by atoms with E-state index in [1.54, 1.807) is 30.1 Å². The van der Waals surface area contributed by atoms with Crippen molar-refractivity contribution in [2.75, 3.05) is 13.7 Å². The number of hydrogen-bond donors (Lipinski definition) is 1. The van der Waals surface area contributed by atoms with Crippen molar-refractivity contribution in [2.45, 2.75) is 26.1 Å². The van der Waals surface area contributed by atoms with Gasteiger partial charge in [-0.3, -0.25) is 19.8 Å². The maximum Gasteiger partial charge on any atom is 0.271 e. The summed E-state index contributed by atoms with van der Waals surface area (Å²) in [5.74, 6) is 0.623. The molecule has 26 heavy (non-hydrogen) atoms. The molecule has 0 unspecified atom stereocenters. The first kappa shape index (κ1) is 17.9. The number of nitrogens with one attached hydrogen (secondary N) is 1. The van der Waals surface area contributed by atoms with Crippen LogP contribution in [0.15, 0.2) is 66.0 Å². The third-order valence-corrected chi connectivity index (χ3v) is 4.62. The second kappa shape index (κ2) is 8.01. The zero-order chi connectivity index (χ0) is 18.5. The predicted molar refractivity (Wildman–Crippen MR) is 102 cm³/mol. The van der Waals surface area contributed by atoms with Gasteiger partial charge in [0.15, 0.2) is 0 Å². The Morgan fingerprint density at radius 1 is 1.42 bits per heavy atom. The number of aromatic nitrogens is 3. The molecule has 0 radical (unpaired) electrons. The summed E-state index contributed by atoms with van der Waals surface area (Å²) in [7, 11) is 1.58. The molecule has 0 atom stereocenters. The summed E-state index contributed by atoms with van der Waals surface area (Å²) in [5, 5.41) is 3.25. The molecule has 0 aromatic carbocycles. The third kappa shape index (κ3) is 3.70. The van der Waals surface area contributed by atoms with Crippen LogP contribution in [0.2, 0.25) is 0 Å². The van der Waals surface area contributed by atoms with Crippen molar-refractivity contribution in [3.8, 4) is 0 Å². The van der Waals surface area contributed by atoms with E-state index in [1.807, 2.05) is 12.3 Å². The lowest BCUT2D eigenvalue weighted by molar-refractivity contribution is 0.244. The molecule has 0 saturated heterocycles. The van der Waals surface area contributed by atoms with E-state index in [1.165, 1.54) is 0 Å². The Hall–Kier alpha value is -2.86. The Balaban J connectivity index is 1.80. The highest BCUT2D eigenvalue weighted by Crippen LogP contribution is 2.17. The molecule has 3 rings (SSSR count). The molecule has 0 aliphatic carbocycles. The topological polar surface area (TPSA) is 63.2 Å². The van der Waals surface area contributed by atoms with E-state index in [4.69, 9.17) is 4.74 Å². The molecule has 0 spiro atoms. The number of pyridine rings is 1. The highest BCUT2D eigenvalue weighted by molar-refractivity contribution is 5.28. The van der Waals surface area contributed by atoms with E-state index in [0.29, 0.717) is 18.8 Å². The molecule has 2 aromatic heterocycles. The summed E-state index contributed by atoms with van der Waals surface area (Å²) in [6.07, 6.45) is 7.78. The fourth-order valence-corrected chi connectivity index (χ4v) is 3.27. The molecule has 6 heteroatoms. The SMILES string of the molecule is C=C/C(Cn1[nH]c2c(c1=O)CN(Cc1cccnc1)CC2)=C(\C=C)OC. The maximum atomic E-state index is 12.8. The molecule has 1 aliphatic rings. The van der Waals surface area contributed by atoms with Gasteiger partial charge in [-0.1, -0.05) is 25.3 Å². The van der Waals surface area contributed by atoms with Crippen LogP contribution in [0.4, 0.5) is 0 Å². The lowest BCUT2D eigenvalue weighted by Gasteiger charge is -2.25. The van der Waals surface area contributed by atoms with Crippen molar-refractivity contribution in [1.82, 2.24) is 19.7 Å². The van der Waals surface area contributed by atoms with Gasteiger partial charge < -0.3 is 4.74 Å². The number of ether oxygens (including phenoxy) is 1. The summed E-state index contributed by atoms with van der Waals surface area (Å²) >= 11 is 0. The minimum absolute atomic E-state index is 0.00903. The van der Waals surface area contributed by atoms with Crippen molar-refractivity contribution >= 4 is 0 Å². The van der Waals surface area contributed by atoms with Crippen LogP contribution in [0, 0.1) is 0 Å². The van der Waals surface area contributed by atoms with Gasteiger partial charge in [0.1, 0.15) is 5.76 Å². The van der Waals surface area contributed by atoms with Gasteiger partial charge in [-0.2, -0.15) is 0 Å². The molecule has 1 aliphatic heterocycles. The normalized spacial score (nSPS) is 15.1. The van der Waals surface area contributed by atoms with Crippen LogP contribution in [0.1, 0.15) is 16.8 Å². The first-order valence-electron chi connectivity index (χ1n) is 8.60. The quantitative estimate of drug-likeness (QED) is 0.614. The standard InChI is InChI=1S/C20H24N4O2/c1-4-16(19(5-2)26-3)13-24-20(25)17-14-23(10-8-18(17)22-24)12-15-7-6-9-21-11-15/h4-7,9,11,22H,1-2,8,10,12-14H2,3H3/b19-16-. The van der Waals surface area contributed by atoms with Crippen LogP contribution >= 0.6 is 0 Å². The lowest BCUT2D eigenvalue weighted by Crippen LogP contribution is -2.32. The number of rotatable bonds is 7. The predicted octanol–water partition coefficient (Wildman–Crippen LogP) is 2.40. The molecule has 0 amide bonds. The zero-order valence-corrected chi connectivity index (χ0v) is 15.1. The Bertz CT molecular complexity index is 877. The fraction of sp³-hybridized carbons (Fsp3) is 0.300. The monoisotopic (exact) mass is 352 g/mol. The van der Waals surface area contributed by atoms with Crippen LogP contribution in [0.5, 0.6) is 0 Å². The summed E-state index contributed by atoms with van der Waals surface area (Å²) in [6.45, 7) is 10.3. The largest absolute Gasteiger partial charge is 0.496 e. The zero-order valence-electron chi connectivity index (χ0n) is 15.1. The number of methoxy groups -OCH3 is 1. The Morgan fingerprint density at radius 3 is 2.92 bits per heavy atom. The molecular formula is C20H24N4O2. The molecule has 0 fully saturated rings. The summed E-state index contributed by atoms with van der Waals surface area (Å²) in [5.41, 5.74) is 3.82. The molecule has 0 bridgehead atoms. The van der Waals surface area contributed by atoms with Gasteiger partial charge in [-0.05, 0) is 17.7 Å². The number of fused-ring (bicyclic) bond motifs is 1. The summed E-state index contributed by atoms with van der Waals surface area (Å²) in [4.78, 5) is 19.3. The molecule has 0 saturated carbocycles. The third-order valence-electron chi connectivity index (χ3n) is 4.62. The number of nitrogens with zero attached hydrogens (tertiary/aromatic N) is 3. The average molecular weight is 352 g/mol. The van der Waals surface area contributed by atoms with Gasteiger partial charge in [0.25, 0.3) is 5.56 Å². The van der Waals surface area contributed by atoms with Crippen LogP contribution in [0.3, 0.4) is 0 Å². The van der Waals surface area contributed by atoms with Crippen molar-refractivity contribution in [3.63, 3.8) is 0 Å². The van der Waals surface area contributed by atoms with Crippen LogP contribution in [-0.2, 0) is 30.8 Å². The van der Waals surface area contributed by atoms with E-state index < -0.39 is 0 Å². The minimum Gasteiger partial charge on any atom is -0.496 e. The van der Waals surface area contributed by atoms with E-state index in [9.17, 15) is 4.79 Å². The second-order valence-electron chi connectivity index (χ2n) is 6.28. The highest BCUT2D eigenvalue weighted by Gasteiger charge is 2.23. The number of allylic oxidation sites excluding steroid dienone is 3. The van der Waals surface area contributed by atoms with E-state index >= 15 is 0 Å². The van der Waals surface area contributed by atoms with E-state index in [0.717, 1.165) is 41.9 Å². The molecule has 1 N–H and O–H groups in total. The Labute approximate surface area is 153 Å². The van der Waals surface area contributed by atoms with Gasteiger partial charge in [0.05, 0.1) is 19.2 Å². The van der Waals surface area contributed by atoms with Crippen molar-refractivity contribution in [2.24, 2.45) is 0 Å². The van der Waals surface area contributed by atoms with Gasteiger partial charge in [0.2, 0.25) is 0 Å². The Kier molecular flexibility index (Phi) is 5.53. The Morgan fingerprint density at radius 2 is 2.27 bits per heavy atom. The van der Waals surface area contributed by atoms with Gasteiger partial charge in [0, 0.05) is 49.7 Å². The molecule has 136 valence electrons. The number of H-pyrrole nitrogens is 1. The number of hydrogen-bond acceptors (Lipinski definition) is 4. The first-order valence-corrected chi connectivity index (χ1v) is 8.60. The van der Waals surface area contributed by atoms with E-state index in [2.05, 4.69) is 34.2 Å². The van der Waals surface area contributed by atoms with Gasteiger partial charge in [-0.15, -0.1) is 0 Å². The van der Waals surface area contributed by atoms with Crippen molar-refractivity contribution < 1.29 is 4.74 Å². The molecule has 2 aromatic rings. The minimum atomic E-state index is 0.00903. The lowest BCUT2D eigenvalue weighted by atomic mass is 10.1. The van der Waals surface area contributed by atoms with Crippen LogP contribution in [-0.4, -0.2) is 33.3 Å². The van der Waals surface area contributed by atoms with Crippen LogP contribution < -0.4 is 5.56 Å². The molecular weight excluding hydrogens is 328 g/mol. The second-order valence-corrected chi connectivity index (χ2v) is 6.28. The van der Waals surface area contributed by atoms with Crippen molar-refractivity contribution in [3.05, 3.63) is 88.3 Å². The highest BCUT2D eigenvalue weighted by atomic mass is 16.5. The fourth-order valence-electron chi connectivity index (χ4n) is 3.27. The number of aromatic amines is 1. The maximum absolute atomic E-state index is 12.8.